The minimum atomic E-state index is 0.118. The van der Waals surface area contributed by atoms with Gasteiger partial charge in [0.15, 0.2) is 0 Å². The first kappa shape index (κ1) is 21.7. The van der Waals surface area contributed by atoms with E-state index in [1.807, 2.05) is 18.2 Å². The first-order valence-electron chi connectivity index (χ1n) is 11.1. The second-order valence-electron chi connectivity index (χ2n) is 8.78. The number of piperidine rings is 2. The summed E-state index contributed by atoms with van der Waals surface area (Å²) in [6, 6.07) is 16.5. The largest absolute Gasteiger partial charge is 0.342 e. The highest BCUT2D eigenvalue weighted by molar-refractivity contribution is 6.42. The highest BCUT2D eigenvalue weighted by Crippen LogP contribution is 2.27. The molecule has 0 aromatic heterocycles. The summed E-state index contributed by atoms with van der Waals surface area (Å²) in [4.78, 5) is 17.7. The quantitative estimate of drug-likeness (QED) is 0.591. The van der Waals surface area contributed by atoms with E-state index >= 15 is 0 Å². The van der Waals surface area contributed by atoms with Crippen LogP contribution in [0, 0.1) is 11.8 Å². The van der Waals surface area contributed by atoms with Gasteiger partial charge in [0.2, 0.25) is 5.91 Å². The van der Waals surface area contributed by atoms with Gasteiger partial charge in [-0.1, -0.05) is 59.6 Å². The lowest BCUT2D eigenvalue weighted by molar-refractivity contribution is -0.138. The van der Waals surface area contributed by atoms with Crippen molar-refractivity contribution in [3.05, 3.63) is 69.7 Å². The maximum atomic E-state index is 13.2. The fraction of sp³-hybridized carbons (Fsp3) is 0.480. The molecule has 0 bridgehead atoms. The summed E-state index contributed by atoms with van der Waals surface area (Å²) in [7, 11) is 0. The Morgan fingerprint density at radius 1 is 0.900 bits per heavy atom. The molecule has 2 aliphatic rings. The molecule has 2 heterocycles. The van der Waals surface area contributed by atoms with Gasteiger partial charge in [-0.2, -0.15) is 0 Å². The summed E-state index contributed by atoms with van der Waals surface area (Å²) in [5, 5.41) is 1.18. The SMILES string of the molecule is O=C(C1CCCN(Cc2ccc(Cl)c(Cl)c2)C1)N1CCC(Cc2ccccc2)CC1. The molecule has 0 radical (unpaired) electrons. The molecule has 5 heteroatoms. The average Bonchev–Trinajstić information content (AvgIpc) is 2.77. The van der Waals surface area contributed by atoms with Gasteiger partial charge >= 0.3 is 0 Å². The molecule has 3 nitrogen and oxygen atoms in total. The molecule has 160 valence electrons. The van der Waals surface area contributed by atoms with Gasteiger partial charge < -0.3 is 4.90 Å². The smallest absolute Gasteiger partial charge is 0.226 e. The number of benzene rings is 2. The minimum absolute atomic E-state index is 0.118. The normalized spacial score (nSPS) is 21.0. The number of halogens is 2. The van der Waals surface area contributed by atoms with E-state index in [-0.39, 0.29) is 5.92 Å². The number of carbonyl (C=O) groups is 1. The summed E-state index contributed by atoms with van der Waals surface area (Å²) in [5.74, 6) is 1.16. The van der Waals surface area contributed by atoms with Crippen molar-refractivity contribution < 1.29 is 4.79 Å². The third-order valence-electron chi connectivity index (χ3n) is 6.54. The molecule has 0 N–H and O–H groups in total. The lowest BCUT2D eigenvalue weighted by Gasteiger charge is -2.38. The van der Waals surface area contributed by atoms with Crippen LogP contribution < -0.4 is 0 Å². The molecule has 4 rings (SSSR count). The Hall–Kier alpha value is -1.55. The van der Waals surface area contributed by atoms with Crippen molar-refractivity contribution >= 4 is 29.1 Å². The van der Waals surface area contributed by atoms with Gasteiger partial charge in [-0.3, -0.25) is 9.69 Å². The van der Waals surface area contributed by atoms with E-state index in [9.17, 15) is 4.79 Å². The van der Waals surface area contributed by atoms with E-state index in [1.165, 1.54) is 5.56 Å². The number of amides is 1. The summed E-state index contributed by atoms with van der Waals surface area (Å²) in [5.41, 5.74) is 2.56. The third kappa shape index (κ3) is 5.57. The van der Waals surface area contributed by atoms with Crippen molar-refractivity contribution in [2.75, 3.05) is 26.2 Å². The summed E-state index contributed by atoms with van der Waals surface area (Å²) in [6.45, 7) is 4.49. The van der Waals surface area contributed by atoms with Crippen molar-refractivity contribution in [1.29, 1.82) is 0 Å². The van der Waals surface area contributed by atoms with Crippen LogP contribution in [0.15, 0.2) is 48.5 Å². The molecule has 1 unspecified atom stereocenters. The Labute approximate surface area is 190 Å². The Morgan fingerprint density at radius 3 is 2.40 bits per heavy atom. The molecule has 2 fully saturated rings. The number of carbonyl (C=O) groups excluding carboxylic acids is 1. The Morgan fingerprint density at radius 2 is 1.67 bits per heavy atom. The van der Waals surface area contributed by atoms with Crippen molar-refractivity contribution in [3.8, 4) is 0 Å². The van der Waals surface area contributed by atoms with E-state index in [0.29, 0.717) is 21.9 Å². The topological polar surface area (TPSA) is 23.6 Å². The fourth-order valence-electron chi connectivity index (χ4n) is 4.86. The standard InChI is InChI=1S/C25H30Cl2N2O/c26-23-9-8-21(16-24(23)27)17-28-12-4-7-22(18-28)25(30)29-13-10-20(11-14-29)15-19-5-2-1-3-6-19/h1-3,5-6,8-9,16,20,22H,4,7,10-15,17-18H2. The van der Waals surface area contributed by atoms with E-state index in [2.05, 4.69) is 40.1 Å². The van der Waals surface area contributed by atoms with Gasteiger partial charge in [-0.15, -0.1) is 0 Å². The Kier molecular flexibility index (Phi) is 7.35. The zero-order chi connectivity index (χ0) is 20.9. The summed E-state index contributed by atoms with van der Waals surface area (Å²) >= 11 is 12.2. The summed E-state index contributed by atoms with van der Waals surface area (Å²) in [6.07, 6.45) is 5.42. The Bertz CT molecular complexity index is 849. The highest BCUT2D eigenvalue weighted by Gasteiger charge is 2.31. The number of nitrogens with zero attached hydrogens (tertiary/aromatic N) is 2. The first-order chi connectivity index (χ1) is 14.6. The highest BCUT2D eigenvalue weighted by atomic mass is 35.5. The summed E-state index contributed by atoms with van der Waals surface area (Å²) < 4.78 is 0. The van der Waals surface area contributed by atoms with Crippen LogP contribution in [0.5, 0.6) is 0 Å². The van der Waals surface area contributed by atoms with Gasteiger partial charge in [0, 0.05) is 26.2 Å². The van der Waals surface area contributed by atoms with Gasteiger partial charge in [0.25, 0.3) is 0 Å². The van der Waals surface area contributed by atoms with E-state index < -0.39 is 0 Å². The molecule has 2 aromatic carbocycles. The van der Waals surface area contributed by atoms with Crippen LogP contribution in [0.3, 0.4) is 0 Å². The lowest BCUT2D eigenvalue weighted by Crippen LogP contribution is -2.47. The first-order valence-corrected chi connectivity index (χ1v) is 11.8. The molecule has 0 aliphatic carbocycles. The zero-order valence-electron chi connectivity index (χ0n) is 17.4. The van der Waals surface area contributed by atoms with Crippen LogP contribution in [0.1, 0.15) is 36.8 Å². The van der Waals surface area contributed by atoms with Gasteiger partial charge in [0.05, 0.1) is 16.0 Å². The van der Waals surface area contributed by atoms with Crippen molar-refractivity contribution in [3.63, 3.8) is 0 Å². The second-order valence-corrected chi connectivity index (χ2v) is 9.60. The fourth-order valence-corrected chi connectivity index (χ4v) is 5.18. The average molecular weight is 445 g/mol. The van der Waals surface area contributed by atoms with E-state index in [0.717, 1.165) is 70.4 Å². The molecule has 2 aromatic rings. The second kappa shape index (κ2) is 10.2. The van der Waals surface area contributed by atoms with Gasteiger partial charge in [-0.05, 0) is 67.8 Å². The van der Waals surface area contributed by atoms with Crippen LogP contribution in [0.25, 0.3) is 0 Å². The predicted octanol–water partition coefficient (Wildman–Crippen LogP) is 5.69. The van der Waals surface area contributed by atoms with Crippen LogP contribution in [0.2, 0.25) is 10.0 Å². The predicted molar refractivity (Wildman–Crippen MR) is 124 cm³/mol. The van der Waals surface area contributed by atoms with Crippen molar-refractivity contribution in [2.24, 2.45) is 11.8 Å². The maximum Gasteiger partial charge on any atom is 0.226 e. The molecule has 1 atom stereocenters. The van der Waals surface area contributed by atoms with Crippen LogP contribution in [-0.4, -0.2) is 41.9 Å². The number of likely N-dealkylation sites (tertiary alicyclic amines) is 2. The van der Waals surface area contributed by atoms with Gasteiger partial charge in [0.1, 0.15) is 0 Å². The number of rotatable bonds is 5. The molecule has 2 saturated heterocycles. The molecule has 1 amide bonds. The molecular weight excluding hydrogens is 415 g/mol. The monoisotopic (exact) mass is 444 g/mol. The minimum Gasteiger partial charge on any atom is -0.342 e. The maximum absolute atomic E-state index is 13.2. The van der Waals surface area contributed by atoms with Crippen molar-refractivity contribution in [1.82, 2.24) is 9.80 Å². The van der Waals surface area contributed by atoms with E-state index in [1.54, 1.807) is 0 Å². The molecule has 0 saturated carbocycles. The zero-order valence-corrected chi connectivity index (χ0v) is 18.9. The molecule has 2 aliphatic heterocycles. The number of hydrogen-bond acceptors (Lipinski definition) is 2. The van der Waals surface area contributed by atoms with Crippen molar-refractivity contribution in [2.45, 2.75) is 38.6 Å². The third-order valence-corrected chi connectivity index (χ3v) is 7.28. The van der Waals surface area contributed by atoms with E-state index in [4.69, 9.17) is 23.2 Å². The van der Waals surface area contributed by atoms with Crippen LogP contribution >= 0.6 is 23.2 Å². The van der Waals surface area contributed by atoms with Gasteiger partial charge in [-0.25, -0.2) is 0 Å². The van der Waals surface area contributed by atoms with Crippen LogP contribution in [0.4, 0.5) is 0 Å². The molecule has 0 spiro atoms. The Balaban J connectivity index is 1.27. The molecular formula is C25H30Cl2N2O. The number of hydrogen-bond donors (Lipinski definition) is 0. The lowest BCUT2D eigenvalue weighted by atomic mass is 9.89. The van der Waals surface area contributed by atoms with Crippen LogP contribution in [-0.2, 0) is 17.8 Å². The molecule has 30 heavy (non-hydrogen) atoms.